The van der Waals surface area contributed by atoms with Gasteiger partial charge in [0.05, 0.1) is 36.5 Å². The van der Waals surface area contributed by atoms with Crippen LogP contribution >= 0.6 is 0 Å². The Morgan fingerprint density at radius 2 is 1.94 bits per heavy atom. The first kappa shape index (κ1) is 24.3. The predicted molar refractivity (Wildman–Crippen MR) is 125 cm³/mol. The zero-order valence-corrected chi connectivity index (χ0v) is 20.1. The van der Waals surface area contributed by atoms with Gasteiger partial charge in [-0.3, -0.25) is 0 Å². The Hall–Kier alpha value is -2.39. The quantitative estimate of drug-likeness (QED) is 0.462. The number of nitrogens with one attached hydrogen (secondary N) is 1. The molecule has 1 saturated carbocycles. The van der Waals surface area contributed by atoms with Crippen LogP contribution in [0, 0.1) is 26.7 Å². The lowest BCUT2D eigenvalue weighted by molar-refractivity contribution is 0.201. The smallest absolute Gasteiger partial charge is 0.241 e. The lowest BCUT2D eigenvalue weighted by atomic mass is 10.0. The third-order valence-corrected chi connectivity index (χ3v) is 7.28. The zero-order chi connectivity index (χ0) is 23.3. The van der Waals surface area contributed by atoms with Crippen molar-refractivity contribution in [2.75, 3.05) is 43.7 Å². The van der Waals surface area contributed by atoms with E-state index in [-0.39, 0.29) is 19.0 Å². The van der Waals surface area contributed by atoms with Gasteiger partial charge in [0.2, 0.25) is 5.88 Å². The molecule has 2 N–H and O–H groups in total. The number of sulfone groups is 1. The molecule has 32 heavy (non-hydrogen) atoms. The number of hydrogen-bond donors (Lipinski definition) is 2. The van der Waals surface area contributed by atoms with Crippen LogP contribution in [0.3, 0.4) is 0 Å². The van der Waals surface area contributed by atoms with Gasteiger partial charge in [0.15, 0.2) is 15.7 Å². The van der Waals surface area contributed by atoms with E-state index in [0.29, 0.717) is 53.5 Å². The fourth-order valence-corrected chi connectivity index (χ4v) is 5.53. The molecule has 9 heteroatoms. The van der Waals surface area contributed by atoms with Crippen molar-refractivity contribution in [3.8, 4) is 23.0 Å². The molecule has 3 rings (SSSR count). The summed E-state index contributed by atoms with van der Waals surface area (Å²) >= 11 is 0. The van der Waals surface area contributed by atoms with Crippen molar-refractivity contribution in [2.24, 2.45) is 5.92 Å². The van der Waals surface area contributed by atoms with Gasteiger partial charge >= 0.3 is 0 Å². The van der Waals surface area contributed by atoms with E-state index in [1.54, 1.807) is 7.11 Å². The van der Waals surface area contributed by atoms with Crippen molar-refractivity contribution in [3.05, 3.63) is 29.0 Å². The summed E-state index contributed by atoms with van der Waals surface area (Å²) in [6.07, 6.45) is 2.57. The van der Waals surface area contributed by atoms with E-state index in [1.165, 1.54) is 0 Å². The van der Waals surface area contributed by atoms with Crippen LogP contribution in [0.25, 0.3) is 11.4 Å². The summed E-state index contributed by atoms with van der Waals surface area (Å²) in [6.45, 7) is 6.38. The maximum Gasteiger partial charge on any atom is 0.241 e. The first-order chi connectivity index (χ1) is 15.2. The molecule has 0 unspecified atom stereocenters. The summed E-state index contributed by atoms with van der Waals surface area (Å²) in [6, 6.07) is 3.93. The van der Waals surface area contributed by atoms with Crippen LogP contribution in [-0.2, 0) is 9.84 Å². The molecule has 0 amide bonds. The van der Waals surface area contributed by atoms with Crippen LogP contribution in [0.5, 0.6) is 11.6 Å². The molecule has 1 aliphatic carbocycles. The fourth-order valence-electron chi connectivity index (χ4n) is 3.73. The van der Waals surface area contributed by atoms with Crippen molar-refractivity contribution in [1.82, 2.24) is 9.97 Å². The number of aliphatic hydroxyl groups excluding tert-OH is 1. The molecule has 1 aromatic heterocycles. The van der Waals surface area contributed by atoms with Gasteiger partial charge in [-0.15, -0.1) is 0 Å². The average molecular weight is 464 g/mol. The summed E-state index contributed by atoms with van der Waals surface area (Å²) in [5, 5.41) is 12.4. The number of aliphatic hydroxyl groups is 1. The summed E-state index contributed by atoms with van der Waals surface area (Å²) in [7, 11) is -1.45. The minimum absolute atomic E-state index is 0.0884. The monoisotopic (exact) mass is 463 g/mol. The molecule has 0 aliphatic heterocycles. The highest BCUT2D eigenvalue weighted by Gasteiger charge is 2.27. The van der Waals surface area contributed by atoms with Gasteiger partial charge < -0.3 is 19.9 Å². The average Bonchev–Trinajstić information content (AvgIpc) is 3.53. The summed E-state index contributed by atoms with van der Waals surface area (Å²) in [5.74, 6) is 2.32. The number of anilines is 1. The lowest BCUT2D eigenvalue weighted by Gasteiger charge is -2.17. The molecular weight excluding hydrogens is 430 g/mol. The highest BCUT2D eigenvalue weighted by Crippen LogP contribution is 2.36. The van der Waals surface area contributed by atoms with E-state index in [0.717, 1.165) is 29.5 Å². The van der Waals surface area contributed by atoms with Crippen LogP contribution in [0.15, 0.2) is 12.1 Å². The SMILES string of the molecule is COc1nc(-c2c(C)cc(C)cc2OCCO)nc(C)c1NCCCS(=O)(=O)CC1CC1. The normalized spacial score (nSPS) is 13.8. The van der Waals surface area contributed by atoms with Crippen molar-refractivity contribution in [2.45, 2.75) is 40.0 Å². The molecule has 1 aliphatic rings. The second kappa shape index (κ2) is 10.5. The van der Waals surface area contributed by atoms with Gasteiger partial charge in [-0.25, -0.2) is 13.4 Å². The molecule has 0 atom stereocenters. The topological polar surface area (TPSA) is 111 Å². The van der Waals surface area contributed by atoms with E-state index < -0.39 is 9.84 Å². The van der Waals surface area contributed by atoms with Crippen molar-refractivity contribution in [3.63, 3.8) is 0 Å². The van der Waals surface area contributed by atoms with E-state index >= 15 is 0 Å². The third-order valence-electron chi connectivity index (χ3n) is 5.39. The van der Waals surface area contributed by atoms with Gasteiger partial charge in [0.25, 0.3) is 0 Å². The molecule has 176 valence electrons. The van der Waals surface area contributed by atoms with Crippen LogP contribution in [-0.4, -0.2) is 61.9 Å². The van der Waals surface area contributed by atoms with Crippen LogP contribution < -0.4 is 14.8 Å². The first-order valence-corrected chi connectivity index (χ1v) is 12.8. The van der Waals surface area contributed by atoms with Crippen LogP contribution in [0.1, 0.15) is 36.1 Å². The Labute approximate surface area is 190 Å². The number of nitrogens with zero attached hydrogens (tertiary/aromatic N) is 2. The van der Waals surface area contributed by atoms with Crippen LogP contribution in [0.4, 0.5) is 5.69 Å². The Morgan fingerprint density at radius 3 is 2.59 bits per heavy atom. The summed E-state index contributed by atoms with van der Waals surface area (Å²) < 4.78 is 35.5. The largest absolute Gasteiger partial charge is 0.490 e. The van der Waals surface area contributed by atoms with Crippen LogP contribution in [0.2, 0.25) is 0 Å². The van der Waals surface area contributed by atoms with Crippen molar-refractivity contribution < 1.29 is 23.0 Å². The molecule has 0 saturated heterocycles. The van der Waals surface area contributed by atoms with Crippen molar-refractivity contribution in [1.29, 1.82) is 0 Å². The van der Waals surface area contributed by atoms with E-state index in [9.17, 15) is 8.42 Å². The number of aromatic nitrogens is 2. The molecule has 2 aromatic rings. The maximum absolute atomic E-state index is 12.1. The molecule has 0 radical (unpaired) electrons. The standard InChI is InChI=1S/C23H33N3O5S/c1-15-12-16(2)20(19(13-15)31-10-9-27)22-25-17(3)21(23(26-22)30-4)24-8-5-11-32(28,29)14-18-6-7-18/h12-13,18,24,27H,5-11,14H2,1-4H3. The zero-order valence-electron chi connectivity index (χ0n) is 19.3. The number of ether oxygens (including phenoxy) is 2. The van der Waals surface area contributed by atoms with E-state index in [4.69, 9.17) is 14.6 Å². The molecule has 0 spiro atoms. The third kappa shape index (κ3) is 6.32. The molecular formula is C23H33N3O5S. The summed E-state index contributed by atoms with van der Waals surface area (Å²) in [4.78, 5) is 9.27. The van der Waals surface area contributed by atoms with E-state index in [2.05, 4.69) is 15.3 Å². The Balaban J connectivity index is 1.78. The lowest BCUT2D eigenvalue weighted by Crippen LogP contribution is -2.16. The Kier molecular flexibility index (Phi) is 7.95. The summed E-state index contributed by atoms with van der Waals surface area (Å²) in [5.41, 5.74) is 4.10. The van der Waals surface area contributed by atoms with Gasteiger partial charge in [-0.1, -0.05) is 6.07 Å². The van der Waals surface area contributed by atoms with Crippen molar-refractivity contribution >= 4 is 15.5 Å². The molecule has 1 heterocycles. The maximum atomic E-state index is 12.1. The minimum atomic E-state index is -3.00. The second-order valence-electron chi connectivity index (χ2n) is 8.38. The van der Waals surface area contributed by atoms with Gasteiger partial charge in [-0.2, -0.15) is 4.98 Å². The number of rotatable bonds is 12. The number of hydrogen-bond acceptors (Lipinski definition) is 8. The minimum Gasteiger partial charge on any atom is -0.490 e. The van der Waals surface area contributed by atoms with Gasteiger partial charge in [-0.05, 0) is 63.1 Å². The fraction of sp³-hybridized carbons (Fsp3) is 0.565. The molecule has 1 fully saturated rings. The molecule has 1 aromatic carbocycles. The number of methoxy groups -OCH3 is 1. The van der Waals surface area contributed by atoms with Gasteiger partial charge in [0.1, 0.15) is 18.0 Å². The first-order valence-electron chi connectivity index (χ1n) is 11.0. The predicted octanol–water partition coefficient (Wildman–Crippen LogP) is 3.08. The molecule has 8 nitrogen and oxygen atoms in total. The van der Waals surface area contributed by atoms with Gasteiger partial charge in [0, 0.05) is 6.54 Å². The second-order valence-corrected chi connectivity index (χ2v) is 10.6. The number of aryl methyl sites for hydroxylation is 3. The highest BCUT2D eigenvalue weighted by atomic mass is 32.2. The highest BCUT2D eigenvalue weighted by molar-refractivity contribution is 7.91. The van der Waals surface area contributed by atoms with E-state index in [1.807, 2.05) is 32.9 Å². The Bertz CT molecular complexity index is 1050. The molecule has 0 bridgehead atoms. The number of benzene rings is 1. The Morgan fingerprint density at radius 1 is 1.19 bits per heavy atom.